The Bertz CT molecular complexity index is 1980. The first-order valence-corrected chi connectivity index (χ1v) is 16.3. The van der Waals surface area contributed by atoms with Crippen LogP contribution in [0.3, 0.4) is 0 Å². The zero-order chi connectivity index (χ0) is 30.8. The molecule has 4 aromatic rings. The molecule has 3 N–H and O–H groups in total. The van der Waals surface area contributed by atoms with Crippen LogP contribution in [0, 0.1) is 0 Å². The van der Waals surface area contributed by atoms with Crippen LogP contribution >= 0.6 is 0 Å². The molecule has 9 rings (SSSR count). The summed E-state index contributed by atoms with van der Waals surface area (Å²) >= 11 is 0. The lowest BCUT2D eigenvalue weighted by Gasteiger charge is -2.39. The van der Waals surface area contributed by atoms with Gasteiger partial charge in [0.2, 0.25) is 0 Å². The fraction of sp³-hybridized carbons (Fsp3) is 0.195. The third-order valence-corrected chi connectivity index (χ3v) is 10.4. The molecule has 2 aliphatic carbocycles. The summed E-state index contributed by atoms with van der Waals surface area (Å²) in [7, 11) is 0. The molecule has 46 heavy (non-hydrogen) atoms. The summed E-state index contributed by atoms with van der Waals surface area (Å²) in [6, 6.07) is 39.0. The number of dihydropyridines is 1. The largest absolute Gasteiger partial charge is 0.368 e. The molecular formula is C41H37N5. The van der Waals surface area contributed by atoms with Gasteiger partial charge in [-0.3, -0.25) is 5.32 Å². The van der Waals surface area contributed by atoms with Crippen molar-refractivity contribution < 1.29 is 0 Å². The van der Waals surface area contributed by atoms with E-state index in [1.165, 1.54) is 39.1 Å². The Labute approximate surface area is 270 Å². The van der Waals surface area contributed by atoms with Crippen LogP contribution in [0.15, 0.2) is 156 Å². The standard InChI is InChI=1S/C41H37N5/c1-41(2)33-19-11-9-17-29(33)31-23-32-30-18-10-12-20-35(30)46(36(32)24-34(31)41)37-22-21-28(25-42-37)40-44-38(26-13-5-3-6-14-26)43-39(45-40)27-15-7-4-8-16-27/h3-25,32,36-38,40,42,44H,1-2H3,(H,43,45). The van der Waals surface area contributed by atoms with Crippen LogP contribution in [0.5, 0.6) is 0 Å². The van der Waals surface area contributed by atoms with Gasteiger partial charge in [0.15, 0.2) is 0 Å². The Morgan fingerprint density at radius 2 is 1.52 bits per heavy atom. The summed E-state index contributed by atoms with van der Waals surface area (Å²) in [4.78, 5) is 7.73. The molecule has 0 saturated heterocycles. The average Bonchev–Trinajstić information content (AvgIpc) is 3.56. The normalized spacial score (nSPS) is 26.7. The number of aliphatic imine (C=N–C) groups is 1. The maximum Gasteiger partial charge on any atom is 0.131 e. The second kappa shape index (κ2) is 10.5. The molecule has 3 aliphatic heterocycles. The Morgan fingerprint density at radius 1 is 0.783 bits per heavy atom. The Hall–Kier alpha value is -5.13. The van der Waals surface area contributed by atoms with Crippen molar-refractivity contribution in [3.05, 3.63) is 179 Å². The number of hydrogen-bond donors (Lipinski definition) is 3. The van der Waals surface area contributed by atoms with Crippen molar-refractivity contribution in [2.24, 2.45) is 4.99 Å². The van der Waals surface area contributed by atoms with E-state index in [0.717, 1.165) is 17.0 Å². The molecule has 0 aromatic heterocycles. The molecule has 5 unspecified atom stereocenters. The van der Waals surface area contributed by atoms with E-state index in [4.69, 9.17) is 4.99 Å². The molecular weight excluding hydrogens is 562 g/mol. The van der Waals surface area contributed by atoms with Crippen LogP contribution in [-0.4, -0.2) is 24.2 Å². The van der Waals surface area contributed by atoms with Crippen LogP contribution in [0.25, 0.3) is 5.57 Å². The number of hydrogen-bond acceptors (Lipinski definition) is 5. The number of benzene rings is 4. The summed E-state index contributed by atoms with van der Waals surface area (Å²) in [5.41, 5.74) is 11.7. The van der Waals surface area contributed by atoms with E-state index in [1.54, 1.807) is 0 Å². The molecule has 5 nitrogen and oxygen atoms in total. The van der Waals surface area contributed by atoms with E-state index in [0.29, 0.717) is 5.92 Å². The van der Waals surface area contributed by atoms with Crippen molar-refractivity contribution in [2.45, 2.75) is 49.7 Å². The SMILES string of the molecule is CC1(C)C2=CC3C(C=C2c2ccccc21)c1ccccc1N3C1C=CC(C2N=C(c3ccccc3)NC(c3ccccc3)N2)=CN1. The van der Waals surface area contributed by atoms with Gasteiger partial charge in [0.25, 0.3) is 0 Å². The number of para-hydroxylation sites is 1. The zero-order valence-electron chi connectivity index (χ0n) is 26.1. The highest BCUT2D eigenvalue weighted by Gasteiger charge is 2.47. The molecule has 0 saturated carbocycles. The van der Waals surface area contributed by atoms with Gasteiger partial charge in [0.1, 0.15) is 24.3 Å². The lowest BCUT2D eigenvalue weighted by Crippen LogP contribution is -2.51. The first-order chi connectivity index (χ1) is 22.6. The van der Waals surface area contributed by atoms with Crippen LogP contribution in [0.2, 0.25) is 0 Å². The highest BCUT2D eigenvalue weighted by molar-refractivity contribution is 5.99. The topological polar surface area (TPSA) is 51.7 Å². The van der Waals surface area contributed by atoms with Gasteiger partial charge in [-0.1, -0.05) is 135 Å². The maximum atomic E-state index is 5.15. The minimum Gasteiger partial charge on any atom is -0.368 e. The number of anilines is 1. The van der Waals surface area contributed by atoms with Gasteiger partial charge in [-0.05, 0) is 45.5 Å². The van der Waals surface area contributed by atoms with Gasteiger partial charge in [-0.2, -0.15) is 0 Å². The molecule has 5 heteroatoms. The Morgan fingerprint density at radius 3 is 2.33 bits per heavy atom. The van der Waals surface area contributed by atoms with Crippen molar-refractivity contribution in [1.82, 2.24) is 16.0 Å². The van der Waals surface area contributed by atoms with Crippen LogP contribution in [-0.2, 0) is 5.41 Å². The third kappa shape index (κ3) is 4.22. The fourth-order valence-corrected chi connectivity index (χ4v) is 8.07. The Balaban J connectivity index is 1.04. The Kier molecular flexibility index (Phi) is 6.19. The summed E-state index contributed by atoms with van der Waals surface area (Å²) in [6.45, 7) is 4.75. The monoisotopic (exact) mass is 599 g/mol. The van der Waals surface area contributed by atoms with Crippen LogP contribution < -0.4 is 20.9 Å². The van der Waals surface area contributed by atoms with E-state index >= 15 is 0 Å². The van der Waals surface area contributed by atoms with Gasteiger partial charge in [0.05, 0.1) is 6.04 Å². The predicted octanol–water partition coefficient (Wildman–Crippen LogP) is 7.31. The lowest BCUT2D eigenvalue weighted by atomic mass is 9.77. The molecule has 4 aromatic carbocycles. The first-order valence-electron chi connectivity index (χ1n) is 16.3. The highest BCUT2D eigenvalue weighted by Crippen LogP contribution is 2.56. The van der Waals surface area contributed by atoms with Crippen molar-refractivity contribution in [2.75, 3.05) is 4.90 Å². The van der Waals surface area contributed by atoms with E-state index in [2.05, 4.69) is 168 Å². The average molecular weight is 600 g/mol. The smallest absolute Gasteiger partial charge is 0.131 e. The first kappa shape index (κ1) is 27.2. The summed E-state index contributed by atoms with van der Waals surface area (Å²) in [5.74, 6) is 1.19. The van der Waals surface area contributed by atoms with Crippen molar-refractivity contribution in [3.8, 4) is 0 Å². The van der Waals surface area contributed by atoms with Crippen molar-refractivity contribution in [3.63, 3.8) is 0 Å². The second-order valence-corrected chi connectivity index (χ2v) is 13.3. The van der Waals surface area contributed by atoms with Gasteiger partial charge >= 0.3 is 0 Å². The van der Waals surface area contributed by atoms with Gasteiger partial charge in [-0.15, -0.1) is 0 Å². The minimum absolute atomic E-state index is 0.0165. The van der Waals surface area contributed by atoms with Crippen LogP contribution in [0.4, 0.5) is 5.69 Å². The minimum atomic E-state index is -0.204. The molecule has 5 aliphatic rings. The van der Waals surface area contributed by atoms with Gasteiger partial charge in [0, 0.05) is 34.4 Å². The predicted molar refractivity (Wildman–Crippen MR) is 187 cm³/mol. The zero-order valence-corrected chi connectivity index (χ0v) is 26.1. The fourth-order valence-electron chi connectivity index (χ4n) is 8.07. The molecule has 226 valence electrons. The van der Waals surface area contributed by atoms with Crippen molar-refractivity contribution in [1.29, 1.82) is 0 Å². The van der Waals surface area contributed by atoms with E-state index < -0.39 is 0 Å². The number of amidine groups is 1. The molecule has 0 bridgehead atoms. The van der Waals surface area contributed by atoms with E-state index in [-0.39, 0.29) is 30.0 Å². The summed E-state index contributed by atoms with van der Waals surface area (Å²) in [5, 5.41) is 11.2. The molecule has 5 atom stereocenters. The maximum absolute atomic E-state index is 5.15. The lowest BCUT2D eigenvalue weighted by molar-refractivity contribution is 0.432. The second-order valence-electron chi connectivity index (χ2n) is 13.3. The van der Waals surface area contributed by atoms with Gasteiger partial charge in [-0.25, -0.2) is 4.99 Å². The molecule has 0 radical (unpaired) electrons. The third-order valence-electron chi connectivity index (χ3n) is 10.4. The van der Waals surface area contributed by atoms with E-state index in [1.807, 2.05) is 6.07 Å². The van der Waals surface area contributed by atoms with Crippen LogP contribution in [0.1, 0.15) is 53.7 Å². The molecule has 0 fully saturated rings. The quantitative estimate of drug-likeness (QED) is 0.230. The molecule has 0 amide bonds. The highest BCUT2D eigenvalue weighted by atomic mass is 15.3. The van der Waals surface area contributed by atoms with Gasteiger partial charge < -0.3 is 15.5 Å². The number of nitrogens with one attached hydrogen (secondary N) is 3. The summed E-state index contributed by atoms with van der Waals surface area (Å²) < 4.78 is 0. The summed E-state index contributed by atoms with van der Waals surface area (Å²) in [6.07, 6.45) is 11.6. The molecule has 3 heterocycles. The van der Waals surface area contributed by atoms with E-state index in [9.17, 15) is 0 Å². The van der Waals surface area contributed by atoms with Crippen molar-refractivity contribution >= 4 is 17.1 Å². The number of allylic oxidation sites excluding steroid dienone is 2. The number of rotatable bonds is 4. The number of nitrogens with zero attached hydrogens (tertiary/aromatic N) is 2. The molecule has 0 spiro atoms. The number of fused-ring (bicyclic) bond motifs is 6.